The summed E-state index contributed by atoms with van der Waals surface area (Å²) >= 11 is 0. The smallest absolute Gasteiger partial charge is 0.198 e. The number of guanidine groups is 1. The predicted molar refractivity (Wildman–Crippen MR) is 112 cm³/mol. The summed E-state index contributed by atoms with van der Waals surface area (Å²) in [5.74, 6) is -0.0323. The number of nitrogens with zero attached hydrogens (tertiary/aromatic N) is 1. The second-order valence-corrected chi connectivity index (χ2v) is 6.57. The maximum absolute atomic E-state index is 13.7. The Labute approximate surface area is 155 Å². The fourth-order valence-electron chi connectivity index (χ4n) is 3.65. The Morgan fingerprint density at radius 1 is 0.852 bits per heavy atom. The third-order valence-electron chi connectivity index (χ3n) is 4.87. The molecule has 0 heterocycles. The zero-order valence-electron chi connectivity index (χ0n) is 14.4. The van der Waals surface area contributed by atoms with Crippen LogP contribution in [0.2, 0.25) is 0 Å². The highest BCUT2D eigenvalue weighted by molar-refractivity contribution is 6.12. The number of fused-ring (bicyclic) bond motifs is 1. The molecule has 0 radical (unpaired) electrons. The number of hydrogen-bond donors (Lipinski definition) is 2. The van der Waals surface area contributed by atoms with E-state index in [4.69, 9.17) is 5.73 Å². The van der Waals surface area contributed by atoms with Crippen molar-refractivity contribution < 1.29 is 4.39 Å². The van der Waals surface area contributed by atoms with Gasteiger partial charge in [0, 0.05) is 16.5 Å². The molecule has 0 bridgehead atoms. The number of hydrogen-bond acceptors (Lipinski definition) is 1. The van der Waals surface area contributed by atoms with Crippen LogP contribution in [0.3, 0.4) is 0 Å². The van der Waals surface area contributed by atoms with Gasteiger partial charge in [0.25, 0.3) is 0 Å². The van der Waals surface area contributed by atoms with Gasteiger partial charge in [0.2, 0.25) is 0 Å². The van der Waals surface area contributed by atoms with Gasteiger partial charge in [-0.05, 0) is 46.2 Å². The minimum Gasteiger partial charge on any atom is -0.369 e. The lowest BCUT2D eigenvalue weighted by Gasteiger charge is -2.11. The van der Waals surface area contributed by atoms with Gasteiger partial charge in [0.05, 0.1) is 5.69 Å². The number of nitrogens with two attached hydrogens (primary N) is 1. The van der Waals surface area contributed by atoms with Crippen molar-refractivity contribution in [2.45, 2.75) is 0 Å². The molecular weight excluding hydrogens is 337 g/mol. The highest BCUT2D eigenvalue weighted by atomic mass is 19.1. The van der Waals surface area contributed by atoms with Gasteiger partial charge in [-0.15, -0.1) is 0 Å². The Morgan fingerprint density at radius 3 is 2.56 bits per heavy atom. The largest absolute Gasteiger partial charge is 0.369 e. The molecule has 4 heteroatoms. The van der Waals surface area contributed by atoms with Gasteiger partial charge >= 0.3 is 0 Å². The molecule has 0 saturated carbocycles. The lowest BCUT2D eigenvalue weighted by atomic mass is 10.0. The van der Waals surface area contributed by atoms with Gasteiger partial charge in [-0.2, -0.15) is 0 Å². The van der Waals surface area contributed by atoms with Crippen LogP contribution in [0.25, 0.3) is 33.7 Å². The van der Waals surface area contributed by atoms with Crippen molar-refractivity contribution in [1.82, 2.24) is 0 Å². The van der Waals surface area contributed by atoms with Gasteiger partial charge in [0.15, 0.2) is 5.96 Å². The van der Waals surface area contributed by atoms with Crippen LogP contribution in [0.5, 0.6) is 0 Å². The summed E-state index contributed by atoms with van der Waals surface area (Å²) in [5.41, 5.74) is 10.1. The van der Waals surface area contributed by atoms with Crippen molar-refractivity contribution in [3.8, 4) is 0 Å². The molecule has 130 valence electrons. The van der Waals surface area contributed by atoms with Crippen molar-refractivity contribution in [2.24, 2.45) is 10.7 Å². The Kier molecular flexibility index (Phi) is 3.44. The Bertz CT molecular complexity index is 1260. The average molecular weight is 353 g/mol. The van der Waals surface area contributed by atoms with Crippen LogP contribution in [0.15, 0.2) is 71.7 Å². The molecule has 0 atom stereocenters. The quantitative estimate of drug-likeness (QED) is 0.317. The zero-order chi connectivity index (χ0) is 18.4. The summed E-state index contributed by atoms with van der Waals surface area (Å²) in [5, 5.41) is 7.15. The van der Waals surface area contributed by atoms with Crippen LogP contribution in [0, 0.1) is 5.82 Å². The summed E-state index contributed by atoms with van der Waals surface area (Å²) < 4.78 is 13.7. The number of aliphatic imine (C=N–C) groups is 1. The summed E-state index contributed by atoms with van der Waals surface area (Å²) in [6, 6.07) is 20.6. The van der Waals surface area contributed by atoms with Crippen molar-refractivity contribution in [3.05, 3.63) is 83.7 Å². The first-order chi connectivity index (χ1) is 13.2. The first-order valence-corrected chi connectivity index (χ1v) is 8.72. The van der Waals surface area contributed by atoms with Crippen LogP contribution < -0.4 is 11.1 Å². The van der Waals surface area contributed by atoms with Crippen LogP contribution in [0.1, 0.15) is 11.1 Å². The molecule has 0 unspecified atom stereocenters. The molecule has 1 aliphatic carbocycles. The SMILES string of the molecule is NC(=Nc1cccc2ccc(F)cc12)Nc1ccc2c3c(cccc13)C=C2. The van der Waals surface area contributed by atoms with Gasteiger partial charge in [-0.1, -0.05) is 54.6 Å². The van der Waals surface area contributed by atoms with Gasteiger partial charge in [0.1, 0.15) is 5.82 Å². The molecule has 27 heavy (non-hydrogen) atoms. The molecule has 3 nitrogen and oxygen atoms in total. The van der Waals surface area contributed by atoms with Crippen LogP contribution in [-0.4, -0.2) is 5.96 Å². The average Bonchev–Trinajstić information content (AvgIpc) is 3.09. The minimum absolute atomic E-state index is 0.262. The molecule has 0 saturated heterocycles. The third kappa shape index (κ3) is 2.62. The minimum atomic E-state index is -0.295. The van der Waals surface area contributed by atoms with Crippen LogP contribution in [0.4, 0.5) is 15.8 Å². The molecule has 0 spiro atoms. The van der Waals surface area contributed by atoms with E-state index in [1.54, 1.807) is 6.07 Å². The van der Waals surface area contributed by atoms with E-state index < -0.39 is 0 Å². The van der Waals surface area contributed by atoms with E-state index in [9.17, 15) is 4.39 Å². The maximum atomic E-state index is 13.7. The molecule has 0 aliphatic heterocycles. The van der Waals surface area contributed by atoms with Crippen molar-refractivity contribution in [2.75, 3.05) is 5.32 Å². The van der Waals surface area contributed by atoms with Crippen molar-refractivity contribution in [3.63, 3.8) is 0 Å². The summed E-state index contributed by atoms with van der Waals surface area (Å²) in [6.07, 6.45) is 4.23. The highest BCUT2D eigenvalue weighted by Gasteiger charge is 2.12. The van der Waals surface area contributed by atoms with Gasteiger partial charge in [-0.25, -0.2) is 9.38 Å². The standard InChI is InChI=1S/C23H16FN3/c24-17-11-9-14-3-2-6-20(19(14)13-17)26-23(25)27-21-12-10-16-8-7-15-4-1-5-18(21)22(15)16/h1-13H,(H3,25,26,27). The van der Waals surface area contributed by atoms with E-state index in [-0.39, 0.29) is 11.8 Å². The molecule has 1 aliphatic rings. The van der Waals surface area contributed by atoms with Gasteiger partial charge in [-0.3, -0.25) is 0 Å². The molecule has 0 amide bonds. The Hall–Kier alpha value is -3.66. The molecule has 0 fully saturated rings. The van der Waals surface area contributed by atoms with E-state index in [0.717, 1.165) is 21.8 Å². The molecule has 4 aromatic rings. The lowest BCUT2D eigenvalue weighted by molar-refractivity contribution is 0.630. The first kappa shape index (κ1) is 15.6. The number of benzene rings is 4. The molecule has 5 rings (SSSR count). The summed E-state index contributed by atoms with van der Waals surface area (Å²) in [4.78, 5) is 4.49. The number of anilines is 1. The molecule has 0 aromatic heterocycles. The third-order valence-corrected chi connectivity index (χ3v) is 4.87. The number of halogens is 1. The van der Waals surface area contributed by atoms with E-state index in [1.165, 1.54) is 28.6 Å². The fraction of sp³-hybridized carbons (Fsp3) is 0. The van der Waals surface area contributed by atoms with E-state index >= 15 is 0 Å². The van der Waals surface area contributed by atoms with Crippen LogP contribution >= 0.6 is 0 Å². The predicted octanol–water partition coefficient (Wildman–Crippen LogP) is 5.67. The van der Waals surface area contributed by atoms with E-state index in [2.05, 4.69) is 40.7 Å². The molecule has 3 N–H and O–H groups in total. The van der Waals surface area contributed by atoms with Crippen molar-refractivity contribution >= 4 is 51.0 Å². The maximum Gasteiger partial charge on any atom is 0.198 e. The zero-order valence-corrected chi connectivity index (χ0v) is 14.4. The Morgan fingerprint density at radius 2 is 1.67 bits per heavy atom. The topological polar surface area (TPSA) is 50.4 Å². The fourth-order valence-corrected chi connectivity index (χ4v) is 3.65. The lowest BCUT2D eigenvalue weighted by Crippen LogP contribution is -2.22. The highest BCUT2D eigenvalue weighted by Crippen LogP contribution is 2.35. The summed E-state index contributed by atoms with van der Waals surface area (Å²) in [6.45, 7) is 0. The number of nitrogens with one attached hydrogen (secondary N) is 1. The summed E-state index contributed by atoms with van der Waals surface area (Å²) in [7, 11) is 0. The van der Waals surface area contributed by atoms with Crippen molar-refractivity contribution in [1.29, 1.82) is 0 Å². The first-order valence-electron chi connectivity index (χ1n) is 8.72. The van der Waals surface area contributed by atoms with E-state index in [0.29, 0.717) is 5.69 Å². The monoisotopic (exact) mass is 353 g/mol. The molecular formula is C23H16FN3. The van der Waals surface area contributed by atoms with Crippen LogP contribution in [-0.2, 0) is 0 Å². The second-order valence-electron chi connectivity index (χ2n) is 6.57. The van der Waals surface area contributed by atoms with Gasteiger partial charge < -0.3 is 11.1 Å². The normalized spacial score (nSPS) is 12.9. The number of rotatable bonds is 2. The Balaban J connectivity index is 1.56. The second kappa shape index (κ2) is 5.95. The molecule has 4 aromatic carbocycles. The van der Waals surface area contributed by atoms with E-state index in [1.807, 2.05) is 30.3 Å².